The molecule has 0 atom stereocenters. The molecule has 3 fully saturated rings. The van der Waals surface area contributed by atoms with Crippen molar-refractivity contribution in [3.8, 4) is 0 Å². The van der Waals surface area contributed by atoms with E-state index in [1.54, 1.807) is 0 Å². The van der Waals surface area contributed by atoms with Gasteiger partial charge in [-0.3, -0.25) is 9.59 Å². The number of carbonyl (C=O) groups excluding carboxylic acids is 2. The van der Waals surface area contributed by atoms with Gasteiger partial charge in [-0.1, -0.05) is 36.8 Å². The molecule has 0 radical (unpaired) electrons. The van der Waals surface area contributed by atoms with Crippen molar-refractivity contribution >= 4 is 11.8 Å². The summed E-state index contributed by atoms with van der Waals surface area (Å²) in [6.07, 6.45) is 6.98. The first-order valence-corrected chi connectivity index (χ1v) is 9.84. The minimum absolute atomic E-state index is 0.121. The minimum Gasteiger partial charge on any atom is -0.342 e. The van der Waals surface area contributed by atoms with Crippen LogP contribution in [0.15, 0.2) is 30.3 Å². The van der Waals surface area contributed by atoms with Crippen LogP contribution in [0.3, 0.4) is 0 Å². The molecule has 1 aliphatic carbocycles. The number of nitrogens with zero attached hydrogens (tertiary/aromatic N) is 2. The van der Waals surface area contributed by atoms with Crippen LogP contribution < -0.4 is 0 Å². The van der Waals surface area contributed by atoms with Crippen molar-refractivity contribution < 1.29 is 9.59 Å². The molecule has 2 aliphatic heterocycles. The molecule has 0 unspecified atom stereocenters. The first-order valence-electron chi connectivity index (χ1n) is 9.84. The van der Waals surface area contributed by atoms with Gasteiger partial charge in [0.2, 0.25) is 11.8 Å². The van der Waals surface area contributed by atoms with Crippen LogP contribution in [-0.4, -0.2) is 47.8 Å². The highest BCUT2D eigenvalue weighted by Gasteiger charge is 2.48. The molecule has 1 aromatic rings. The summed E-state index contributed by atoms with van der Waals surface area (Å²) >= 11 is 0. The summed E-state index contributed by atoms with van der Waals surface area (Å²) in [4.78, 5) is 29.9. The Morgan fingerprint density at radius 3 is 2.04 bits per heavy atom. The van der Waals surface area contributed by atoms with Gasteiger partial charge >= 0.3 is 0 Å². The summed E-state index contributed by atoms with van der Waals surface area (Å²) in [5.41, 5.74) is 0.870. The quantitative estimate of drug-likeness (QED) is 0.849. The summed E-state index contributed by atoms with van der Waals surface area (Å²) in [7, 11) is 0. The first kappa shape index (κ1) is 16.6. The molecular weight excluding hydrogens is 312 g/mol. The Labute approximate surface area is 150 Å². The van der Waals surface area contributed by atoms with Crippen molar-refractivity contribution in [2.75, 3.05) is 26.2 Å². The van der Waals surface area contributed by atoms with E-state index < -0.39 is 0 Å². The number of piperidine rings is 1. The van der Waals surface area contributed by atoms with Crippen molar-refractivity contribution in [1.82, 2.24) is 9.80 Å². The van der Waals surface area contributed by atoms with Crippen LogP contribution in [0.1, 0.15) is 50.5 Å². The van der Waals surface area contributed by atoms with Crippen LogP contribution in [0.25, 0.3) is 0 Å². The van der Waals surface area contributed by atoms with Crippen LogP contribution in [0.2, 0.25) is 0 Å². The molecular formula is C21H28N2O2. The summed E-state index contributed by atoms with van der Waals surface area (Å²) in [6.45, 7) is 3.32. The number of amides is 2. The summed E-state index contributed by atoms with van der Waals surface area (Å²) in [6, 6.07) is 10.3. The van der Waals surface area contributed by atoms with Gasteiger partial charge in [0.25, 0.3) is 0 Å². The average Bonchev–Trinajstić information content (AvgIpc) is 3.16. The fourth-order valence-electron chi connectivity index (χ4n) is 4.74. The Morgan fingerprint density at radius 2 is 1.48 bits per heavy atom. The summed E-state index contributed by atoms with van der Waals surface area (Å²) < 4.78 is 0. The van der Waals surface area contributed by atoms with Crippen LogP contribution in [0.4, 0.5) is 0 Å². The lowest BCUT2D eigenvalue weighted by Crippen LogP contribution is -2.53. The predicted molar refractivity (Wildman–Crippen MR) is 97.1 cm³/mol. The van der Waals surface area contributed by atoms with Gasteiger partial charge in [-0.05, 0) is 44.1 Å². The lowest BCUT2D eigenvalue weighted by atomic mass is 9.63. The van der Waals surface area contributed by atoms with Crippen LogP contribution >= 0.6 is 0 Å². The Morgan fingerprint density at radius 1 is 0.840 bits per heavy atom. The molecule has 1 aromatic carbocycles. The van der Waals surface area contributed by atoms with E-state index in [1.165, 1.54) is 5.56 Å². The molecule has 25 heavy (non-hydrogen) atoms. The van der Waals surface area contributed by atoms with E-state index in [9.17, 15) is 9.59 Å². The van der Waals surface area contributed by atoms with E-state index in [4.69, 9.17) is 0 Å². The number of hydrogen-bond donors (Lipinski definition) is 0. The molecule has 0 bridgehead atoms. The van der Waals surface area contributed by atoms with E-state index in [1.807, 2.05) is 28.0 Å². The molecule has 2 amide bonds. The highest BCUT2D eigenvalue weighted by Crippen LogP contribution is 2.45. The van der Waals surface area contributed by atoms with Gasteiger partial charge in [0, 0.05) is 32.1 Å². The third kappa shape index (κ3) is 2.96. The van der Waals surface area contributed by atoms with Gasteiger partial charge in [-0.25, -0.2) is 0 Å². The number of carbonyl (C=O) groups is 2. The van der Waals surface area contributed by atoms with E-state index in [-0.39, 0.29) is 17.2 Å². The molecule has 4 nitrogen and oxygen atoms in total. The smallest absolute Gasteiger partial charge is 0.233 e. The summed E-state index contributed by atoms with van der Waals surface area (Å²) in [5.74, 6) is 0.735. The average molecular weight is 340 g/mol. The third-order valence-electron chi connectivity index (χ3n) is 6.49. The number of benzene rings is 1. The van der Waals surface area contributed by atoms with Gasteiger partial charge in [-0.2, -0.15) is 0 Å². The molecule has 0 N–H and O–H groups in total. The highest BCUT2D eigenvalue weighted by atomic mass is 16.2. The lowest BCUT2D eigenvalue weighted by Gasteiger charge is -2.45. The third-order valence-corrected chi connectivity index (χ3v) is 6.49. The second-order valence-electron chi connectivity index (χ2n) is 7.90. The fourth-order valence-corrected chi connectivity index (χ4v) is 4.74. The van der Waals surface area contributed by atoms with Crippen molar-refractivity contribution in [3.05, 3.63) is 35.9 Å². The van der Waals surface area contributed by atoms with Crippen LogP contribution in [0.5, 0.6) is 0 Å². The maximum Gasteiger partial charge on any atom is 0.233 e. The molecule has 0 spiro atoms. The van der Waals surface area contributed by atoms with Gasteiger partial charge in [0.1, 0.15) is 0 Å². The maximum absolute atomic E-state index is 13.3. The molecule has 0 aromatic heterocycles. The molecule has 3 aliphatic rings. The predicted octanol–water partition coefficient (Wildman–Crippen LogP) is 2.97. The maximum atomic E-state index is 13.3. The zero-order chi connectivity index (χ0) is 17.3. The highest BCUT2D eigenvalue weighted by molar-refractivity contribution is 5.89. The number of likely N-dealkylation sites (tertiary alicyclic amines) is 2. The number of hydrogen-bond acceptors (Lipinski definition) is 2. The van der Waals surface area contributed by atoms with Crippen molar-refractivity contribution in [3.63, 3.8) is 0 Å². The molecule has 4 rings (SSSR count). The van der Waals surface area contributed by atoms with Gasteiger partial charge in [0.15, 0.2) is 0 Å². The first-order chi connectivity index (χ1) is 12.2. The van der Waals surface area contributed by atoms with Crippen molar-refractivity contribution in [1.29, 1.82) is 0 Å². The fraction of sp³-hybridized carbons (Fsp3) is 0.619. The van der Waals surface area contributed by atoms with Crippen molar-refractivity contribution in [2.24, 2.45) is 5.92 Å². The van der Waals surface area contributed by atoms with Gasteiger partial charge in [0.05, 0.1) is 5.41 Å². The topological polar surface area (TPSA) is 40.6 Å². The van der Waals surface area contributed by atoms with Crippen LogP contribution in [0, 0.1) is 5.92 Å². The SMILES string of the molecule is O=C(C1CCN(C(=O)C2(c3ccccc3)CCC2)CC1)N1CCCC1. The second kappa shape index (κ2) is 6.81. The molecule has 1 saturated carbocycles. The standard InChI is InChI=1S/C21H28N2O2/c24-19(22-13-4-5-14-22)17-9-15-23(16-10-17)20(25)21(11-6-12-21)18-7-2-1-3-8-18/h1-3,7-8,17H,4-6,9-16H2. The molecule has 2 heterocycles. The van der Waals surface area contributed by atoms with E-state index in [2.05, 4.69) is 12.1 Å². The Hall–Kier alpha value is -1.84. The Kier molecular flexibility index (Phi) is 4.53. The van der Waals surface area contributed by atoms with E-state index in [0.717, 1.165) is 71.1 Å². The normalized spacial score (nSPS) is 23.4. The second-order valence-corrected chi connectivity index (χ2v) is 7.90. The number of rotatable bonds is 3. The monoisotopic (exact) mass is 340 g/mol. The molecule has 2 saturated heterocycles. The van der Waals surface area contributed by atoms with Crippen LogP contribution in [-0.2, 0) is 15.0 Å². The van der Waals surface area contributed by atoms with Gasteiger partial charge < -0.3 is 9.80 Å². The largest absolute Gasteiger partial charge is 0.342 e. The van der Waals surface area contributed by atoms with Gasteiger partial charge in [-0.15, -0.1) is 0 Å². The van der Waals surface area contributed by atoms with Crippen molar-refractivity contribution in [2.45, 2.75) is 50.4 Å². The Balaban J connectivity index is 1.40. The zero-order valence-corrected chi connectivity index (χ0v) is 15.0. The van der Waals surface area contributed by atoms with E-state index >= 15 is 0 Å². The van der Waals surface area contributed by atoms with E-state index in [0.29, 0.717) is 5.91 Å². The minimum atomic E-state index is -0.299. The zero-order valence-electron chi connectivity index (χ0n) is 15.0. The molecule has 134 valence electrons. The Bertz CT molecular complexity index is 625. The summed E-state index contributed by atoms with van der Waals surface area (Å²) in [5, 5.41) is 0. The molecule has 4 heteroatoms. The lowest BCUT2D eigenvalue weighted by molar-refractivity contribution is -0.145.